The number of H-pyrrole nitrogens is 1. The van der Waals surface area contributed by atoms with E-state index in [2.05, 4.69) is 20.8 Å². The molecule has 23 heavy (non-hydrogen) atoms. The maximum atomic E-state index is 12.1. The first-order valence-electron chi connectivity index (χ1n) is 7.35. The quantitative estimate of drug-likeness (QED) is 0.580. The molecular weight excluding hydrogens is 316 g/mol. The molecule has 0 saturated heterocycles. The Labute approximate surface area is 136 Å². The van der Waals surface area contributed by atoms with Crippen molar-refractivity contribution in [1.82, 2.24) is 10.2 Å². The normalized spacial score (nSPS) is 15.2. The predicted octanol–water partition coefficient (Wildman–Crippen LogP) is 2.06. The number of hydrogen-bond donors (Lipinski definition) is 4. The molecule has 1 atom stereocenters. The number of rotatable bonds is 7. The van der Waals surface area contributed by atoms with Crippen molar-refractivity contribution in [3.63, 3.8) is 0 Å². The van der Waals surface area contributed by atoms with Gasteiger partial charge in [-0.25, -0.2) is 4.21 Å². The topological polar surface area (TPSA) is 107 Å². The summed E-state index contributed by atoms with van der Waals surface area (Å²) in [7, 11) is 0. The van der Waals surface area contributed by atoms with Crippen LogP contribution in [0.15, 0.2) is 30.3 Å². The van der Waals surface area contributed by atoms with Crippen LogP contribution < -0.4 is 10.6 Å². The van der Waals surface area contributed by atoms with Gasteiger partial charge in [0.25, 0.3) is 0 Å². The van der Waals surface area contributed by atoms with Gasteiger partial charge in [0.05, 0.1) is 6.42 Å². The second-order valence-corrected chi connectivity index (χ2v) is 6.48. The van der Waals surface area contributed by atoms with Crippen LogP contribution in [0.25, 0.3) is 0 Å². The highest BCUT2D eigenvalue weighted by atomic mass is 32.2. The number of benzene rings is 1. The fourth-order valence-corrected chi connectivity index (χ4v) is 2.60. The van der Waals surface area contributed by atoms with Crippen molar-refractivity contribution in [2.75, 3.05) is 16.5 Å². The number of nitrogens with one attached hydrogen (secondary N) is 3. The first-order valence-corrected chi connectivity index (χ1v) is 8.63. The van der Waals surface area contributed by atoms with Gasteiger partial charge < -0.3 is 15.2 Å². The summed E-state index contributed by atoms with van der Waals surface area (Å²) in [5.74, 6) is 0.906. The van der Waals surface area contributed by atoms with Crippen molar-refractivity contribution in [1.29, 1.82) is 0 Å². The van der Waals surface area contributed by atoms with Crippen molar-refractivity contribution in [3.05, 3.63) is 41.6 Å². The Bertz CT molecular complexity index is 727. The van der Waals surface area contributed by atoms with Crippen LogP contribution in [0.2, 0.25) is 0 Å². The van der Waals surface area contributed by atoms with Crippen molar-refractivity contribution in [2.24, 2.45) is 0 Å². The van der Waals surface area contributed by atoms with Gasteiger partial charge in [-0.3, -0.25) is 9.89 Å². The van der Waals surface area contributed by atoms with Gasteiger partial charge in [0.1, 0.15) is 5.88 Å². The maximum Gasteiger partial charge on any atom is 0.229 e. The molecule has 1 aromatic carbocycles. The van der Waals surface area contributed by atoms with Crippen molar-refractivity contribution < 1.29 is 13.6 Å². The van der Waals surface area contributed by atoms with E-state index in [4.69, 9.17) is 4.55 Å². The highest BCUT2D eigenvalue weighted by Gasteiger charge is 2.25. The Balaban J connectivity index is 1.56. The van der Waals surface area contributed by atoms with Crippen LogP contribution >= 0.6 is 0 Å². The SMILES string of the molecule is O=C(Cc1cccc(NCS(=O)O)c1)Nc1cc(C2CC2)[nH]n1. The molecule has 1 aliphatic carbocycles. The average molecular weight is 334 g/mol. The van der Waals surface area contributed by atoms with Gasteiger partial charge in [0, 0.05) is 23.4 Å². The molecule has 3 rings (SSSR count). The van der Waals surface area contributed by atoms with Crippen molar-refractivity contribution in [2.45, 2.75) is 25.2 Å². The first kappa shape index (κ1) is 15.7. The molecule has 1 saturated carbocycles. The van der Waals surface area contributed by atoms with E-state index in [0.29, 0.717) is 17.4 Å². The molecule has 0 aliphatic heterocycles. The smallest absolute Gasteiger partial charge is 0.229 e. The lowest BCUT2D eigenvalue weighted by molar-refractivity contribution is -0.115. The van der Waals surface area contributed by atoms with Crippen molar-refractivity contribution >= 4 is 28.5 Å². The van der Waals surface area contributed by atoms with Gasteiger partial charge in [-0.1, -0.05) is 12.1 Å². The standard InChI is InChI=1S/C15H18N4O3S/c20-15(17-14-8-13(18-19-14)11-4-5-11)7-10-2-1-3-12(6-10)16-9-23(21)22/h1-3,6,8,11,16H,4-5,7,9H2,(H,21,22)(H2,17,18,19,20). The molecule has 1 unspecified atom stereocenters. The lowest BCUT2D eigenvalue weighted by Crippen LogP contribution is -2.15. The number of carbonyl (C=O) groups excluding carboxylic acids is 1. The van der Waals surface area contributed by atoms with Crippen LogP contribution in [0.4, 0.5) is 11.5 Å². The maximum absolute atomic E-state index is 12.1. The molecule has 1 aliphatic rings. The highest BCUT2D eigenvalue weighted by molar-refractivity contribution is 7.79. The van der Waals surface area contributed by atoms with Crippen LogP contribution in [0.5, 0.6) is 0 Å². The van der Waals surface area contributed by atoms with Gasteiger partial charge in [0.2, 0.25) is 5.91 Å². The number of aromatic amines is 1. The van der Waals surface area contributed by atoms with Crippen LogP contribution in [-0.2, 0) is 22.3 Å². The van der Waals surface area contributed by atoms with Crippen LogP contribution in [0.3, 0.4) is 0 Å². The number of nitrogens with zero attached hydrogens (tertiary/aromatic N) is 1. The predicted molar refractivity (Wildman–Crippen MR) is 88.6 cm³/mol. The number of anilines is 2. The Kier molecular flexibility index (Phi) is 4.73. The Morgan fingerprint density at radius 1 is 1.39 bits per heavy atom. The summed E-state index contributed by atoms with van der Waals surface area (Å²) in [6, 6.07) is 9.08. The third kappa shape index (κ3) is 4.64. The van der Waals surface area contributed by atoms with Crippen LogP contribution in [0.1, 0.15) is 30.0 Å². The number of hydrogen-bond acceptors (Lipinski definition) is 4. The molecule has 0 spiro atoms. The fourth-order valence-electron chi connectivity index (χ4n) is 2.31. The zero-order valence-corrected chi connectivity index (χ0v) is 13.2. The minimum atomic E-state index is -1.91. The van der Waals surface area contributed by atoms with E-state index < -0.39 is 11.1 Å². The Hall–Kier alpha value is -2.19. The van der Waals surface area contributed by atoms with E-state index in [0.717, 1.165) is 11.3 Å². The molecule has 1 fully saturated rings. The molecule has 0 radical (unpaired) electrons. The Morgan fingerprint density at radius 3 is 2.96 bits per heavy atom. The molecule has 8 heteroatoms. The molecule has 122 valence electrons. The molecule has 4 N–H and O–H groups in total. The summed E-state index contributed by atoms with van der Waals surface area (Å²) < 4.78 is 19.4. The molecular formula is C15H18N4O3S. The molecule has 1 aromatic heterocycles. The molecule has 0 bridgehead atoms. The first-order chi connectivity index (χ1) is 11.1. The third-order valence-corrected chi connectivity index (χ3v) is 3.97. The summed E-state index contributed by atoms with van der Waals surface area (Å²) >= 11 is -1.91. The second-order valence-electron chi connectivity index (χ2n) is 5.55. The van der Waals surface area contributed by atoms with E-state index in [1.54, 1.807) is 18.2 Å². The van der Waals surface area contributed by atoms with Gasteiger partial charge in [-0.2, -0.15) is 5.10 Å². The van der Waals surface area contributed by atoms with Crippen LogP contribution in [0, 0.1) is 0 Å². The minimum Gasteiger partial charge on any atom is -0.372 e. The monoisotopic (exact) mass is 334 g/mol. The molecule has 7 nitrogen and oxygen atoms in total. The summed E-state index contributed by atoms with van der Waals surface area (Å²) in [5, 5.41) is 12.6. The van der Waals surface area contributed by atoms with Crippen LogP contribution in [-0.4, -0.2) is 30.7 Å². The van der Waals surface area contributed by atoms with E-state index in [1.807, 2.05) is 12.1 Å². The van der Waals surface area contributed by atoms with Gasteiger partial charge in [0.15, 0.2) is 16.9 Å². The lowest BCUT2D eigenvalue weighted by Gasteiger charge is -2.06. The molecule has 2 aromatic rings. The molecule has 1 amide bonds. The lowest BCUT2D eigenvalue weighted by atomic mass is 10.1. The summed E-state index contributed by atoms with van der Waals surface area (Å²) in [5.41, 5.74) is 2.59. The van der Waals surface area contributed by atoms with Gasteiger partial charge in [-0.15, -0.1) is 0 Å². The van der Waals surface area contributed by atoms with Gasteiger partial charge in [-0.05, 0) is 30.5 Å². The van der Waals surface area contributed by atoms with Gasteiger partial charge >= 0.3 is 0 Å². The number of amides is 1. The number of aromatic nitrogens is 2. The zero-order chi connectivity index (χ0) is 16.2. The second kappa shape index (κ2) is 6.93. The van der Waals surface area contributed by atoms with E-state index in [9.17, 15) is 9.00 Å². The summed E-state index contributed by atoms with van der Waals surface area (Å²) in [4.78, 5) is 12.1. The van der Waals surface area contributed by atoms with E-state index >= 15 is 0 Å². The number of carbonyl (C=O) groups is 1. The minimum absolute atomic E-state index is 0.0487. The average Bonchev–Trinajstić information content (AvgIpc) is 3.26. The fraction of sp³-hybridized carbons (Fsp3) is 0.333. The largest absolute Gasteiger partial charge is 0.372 e. The third-order valence-electron chi connectivity index (χ3n) is 3.57. The van der Waals surface area contributed by atoms with E-state index in [-0.39, 0.29) is 18.2 Å². The van der Waals surface area contributed by atoms with Crippen molar-refractivity contribution in [3.8, 4) is 0 Å². The summed E-state index contributed by atoms with van der Waals surface area (Å²) in [6.45, 7) is 0. The summed E-state index contributed by atoms with van der Waals surface area (Å²) in [6.07, 6.45) is 2.56. The van der Waals surface area contributed by atoms with E-state index in [1.165, 1.54) is 12.8 Å². The molecule has 1 heterocycles. The zero-order valence-electron chi connectivity index (χ0n) is 12.4. The highest BCUT2D eigenvalue weighted by Crippen LogP contribution is 2.39. The Morgan fingerprint density at radius 2 is 2.22 bits per heavy atom.